The van der Waals surface area contributed by atoms with Crippen LogP contribution in [-0.2, 0) is 33.5 Å². The number of imidazole rings is 1. The van der Waals surface area contributed by atoms with Gasteiger partial charge >= 0.3 is 0 Å². The van der Waals surface area contributed by atoms with Crippen molar-refractivity contribution in [3.63, 3.8) is 0 Å². The third kappa shape index (κ3) is 6.06. The van der Waals surface area contributed by atoms with Gasteiger partial charge in [-0.1, -0.05) is 110 Å². The van der Waals surface area contributed by atoms with E-state index in [0.717, 1.165) is 77.5 Å². The number of aromatic nitrogens is 6. The number of pyridine rings is 1. The zero-order valence-electron chi connectivity index (χ0n) is 35.1. The second kappa shape index (κ2) is 14.7. The Bertz CT molecular complexity index is 3720. The molecule has 0 aliphatic rings. The minimum absolute atomic E-state index is 0. The molecule has 0 bridgehead atoms. The molecule has 0 fully saturated rings. The van der Waals surface area contributed by atoms with Crippen LogP contribution < -0.4 is 9.30 Å². The van der Waals surface area contributed by atoms with Crippen LogP contribution in [0.1, 0.15) is 26.3 Å². The van der Waals surface area contributed by atoms with Crippen molar-refractivity contribution >= 4 is 65.4 Å². The van der Waals surface area contributed by atoms with Gasteiger partial charge in [-0.15, -0.1) is 24.3 Å². The number of rotatable bonds is 6. The van der Waals surface area contributed by atoms with Gasteiger partial charge in [0.1, 0.15) is 5.82 Å². The summed E-state index contributed by atoms with van der Waals surface area (Å²) in [6.07, 6.45) is 9.11. The van der Waals surface area contributed by atoms with E-state index in [4.69, 9.17) is 9.72 Å². The normalized spacial score (nSPS) is 12.0. The van der Waals surface area contributed by atoms with Gasteiger partial charge in [0.2, 0.25) is 6.33 Å². The Morgan fingerprint density at radius 2 is 1.14 bits per heavy atom. The zero-order chi connectivity index (χ0) is 41.7. The van der Waals surface area contributed by atoms with E-state index >= 15 is 0 Å². The summed E-state index contributed by atoms with van der Waals surface area (Å²) < 4.78 is 17.7. The number of fused-ring (bicyclic) bond motifs is 12. The topological polar surface area (TPSA) is 45.7 Å². The van der Waals surface area contributed by atoms with Crippen LogP contribution in [0.5, 0.6) is 11.5 Å². The van der Waals surface area contributed by atoms with Crippen LogP contribution in [0.4, 0.5) is 0 Å². The maximum absolute atomic E-state index is 6.68. The molecule has 5 heterocycles. The van der Waals surface area contributed by atoms with Gasteiger partial charge in [-0.2, -0.15) is 18.2 Å². The molecule has 0 spiro atoms. The number of hydrogen-bond donors (Lipinski definition) is 0. The Labute approximate surface area is 378 Å². The first-order valence-corrected chi connectivity index (χ1v) is 21.0. The van der Waals surface area contributed by atoms with Crippen LogP contribution in [0.15, 0.2) is 170 Å². The largest absolute Gasteiger partial charge is 0.510 e. The van der Waals surface area contributed by atoms with Crippen LogP contribution in [0, 0.1) is 18.5 Å². The first kappa shape index (κ1) is 38.7. The van der Waals surface area contributed by atoms with E-state index in [1.807, 2.05) is 59.0 Å². The standard InChI is InChI=1S/C55H40N6O.Pt/c1-55(2,3)36-28-29-56-48(32-36)61-47-34-41(62-40-21-15-20-39(33-40)58-31-30-57(4)35-58)26-27-44(47)51-53-49(42-22-11-13-24-45(42)60(53)38-18-9-6-10-19-38)52-50(54(51)61)43-23-12-14-25-46(43)59(52)37-16-7-5-8-17-37;/h5-32H,1-4H3;/q-2;. The third-order valence-electron chi connectivity index (χ3n) is 12.1. The van der Waals surface area contributed by atoms with Gasteiger partial charge in [0, 0.05) is 84.1 Å². The number of aryl methyl sites for hydroxylation is 1. The Morgan fingerprint density at radius 1 is 0.571 bits per heavy atom. The number of benzene rings is 7. The molecule has 0 saturated heterocycles. The van der Waals surface area contributed by atoms with E-state index in [-0.39, 0.29) is 26.5 Å². The van der Waals surface area contributed by atoms with Crippen molar-refractivity contribution in [3.8, 4) is 34.4 Å². The van der Waals surface area contributed by atoms with Crippen LogP contribution in [0.3, 0.4) is 0 Å². The van der Waals surface area contributed by atoms with Crippen LogP contribution in [-0.4, -0.2) is 23.3 Å². The van der Waals surface area contributed by atoms with Gasteiger partial charge in [0.05, 0.1) is 34.6 Å². The monoisotopic (exact) mass is 995 g/mol. The molecule has 0 aliphatic carbocycles. The van der Waals surface area contributed by atoms with Gasteiger partial charge < -0.3 is 27.6 Å². The Balaban J connectivity index is 0.00000444. The number of nitrogens with zero attached hydrogens (tertiary/aromatic N) is 6. The molecule has 7 aromatic carbocycles. The van der Waals surface area contributed by atoms with Crippen molar-refractivity contribution in [1.29, 1.82) is 0 Å². The second-order valence-corrected chi connectivity index (χ2v) is 17.0. The summed E-state index contributed by atoms with van der Waals surface area (Å²) >= 11 is 0. The molecule has 7 nitrogen and oxygen atoms in total. The summed E-state index contributed by atoms with van der Waals surface area (Å²) in [4.78, 5) is 5.19. The quantitative estimate of drug-likeness (QED) is 0.123. The summed E-state index contributed by atoms with van der Waals surface area (Å²) in [5.41, 5.74) is 10.5. The van der Waals surface area contributed by atoms with Crippen LogP contribution >= 0.6 is 0 Å². The molecule has 0 aliphatic heterocycles. The number of ether oxygens (including phenoxy) is 1. The van der Waals surface area contributed by atoms with Crippen molar-refractivity contribution in [3.05, 3.63) is 194 Å². The molecule has 63 heavy (non-hydrogen) atoms. The minimum Gasteiger partial charge on any atom is -0.510 e. The molecule has 8 heteroatoms. The minimum atomic E-state index is -0.116. The molecular formula is C55H40N6OPt-2. The summed E-state index contributed by atoms with van der Waals surface area (Å²) in [6.45, 7) is 6.75. The fraction of sp³-hybridized carbons (Fsp3) is 0.0909. The van der Waals surface area contributed by atoms with E-state index in [2.05, 4.69) is 180 Å². The molecule has 12 aromatic rings. The molecule has 0 amide bonds. The molecule has 0 saturated carbocycles. The molecule has 308 valence electrons. The summed E-state index contributed by atoms with van der Waals surface area (Å²) in [5.74, 6) is 1.97. The number of hydrogen-bond acceptors (Lipinski definition) is 2. The summed E-state index contributed by atoms with van der Waals surface area (Å²) in [6, 6.07) is 60.9. The Kier molecular flexibility index (Phi) is 9.04. The van der Waals surface area contributed by atoms with E-state index in [9.17, 15) is 0 Å². The van der Waals surface area contributed by atoms with Gasteiger partial charge in [0.15, 0.2) is 0 Å². The van der Waals surface area contributed by atoms with E-state index in [0.29, 0.717) is 11.5 Å². The average molecular weight is 996 g/mol. The van der Waals surface area contributed by atoms with E-state index in [1.165, 1.54) is 16.3 Å². The van der Waals surface area contributed by atoms with Crippen molar-refractivity contribution < 1.29 is 30.4 Å². The third-order valence-corrected chi connectivity index (χ3v) is 12.1. The molecule has 12 rings (SSSR count). The maximum Gasteiger partial charge on any atom is 0.241 e. The molecule has 0 radical (unpaired) electrons. The van der Waals surface area contributed by atoms with Crippen molar-refractivity contribution in [2.24, 2.45) is 7.05 Å². The average Bonchev–Trinajstić information content (AvgIpc) is 4.06. The zero-order valence-corrected chi connectivity index (χ0v) is 37.3. The fourth-order valence-electron chi connectivity index (χ4n) is 9.38. The predicted octanol–water partition coefficient (Wildman–Crippen LogP) is 12.5. The van der Waals surface area contributed by atoms with Crippen molar-refractivity contribution in [2.75, 3.05) is 0 Å². The first-order chi connectivity index (χ1) is 30.3. The van der Waals surface area contributed by atoms with Crippen molar-refractivity contribution in [1.82, 2.24) is 23.3 Å². The smallest absolute Gasteiger partial charge is 0.241 e. The summed E-state index contributed by atoms with van der Waals surface area (Å²) in [7, 11) is 1.95. The van der Waals surface area contributed by atoms with Gasteiger partial charge in [-0.05, 0) is 64.9 Å². The van der Waals surface area contributed by atoms with E-state index < -0.39 is 0 Å². The molecule has 5 aromatic heterocycles. The molecule has 0 N–H and O–H groups in total. The molecule has 0 atom stereocenters. The van der Waals surface area contributed by atoms with Crippen LogP contribution in [0.2, 0.25) is 0 Å². The second-order valence-electron chi connectivity index (χ2n) is 17.0. The Hall–Kier alpha value is -7.21. The molecular weight excluding hydrogens is 956 g/mol. The Morgan fingerprint density at radius 3 is 1.75 bits per heavy atom. The van der Waals surface area contributed by atoms with Gasteiger partial charge in [-0.3, -0.25) is 0 Å². The summed E-state index contributed by atoms with van der Waals surface area (Å²) in [5, 5.41) is 6.84. The predicted molar refractivity (Wildman–Crippen MR) is 249 cm³/mol. The fourth-order valence-corrected chi connectivity index (χ4v) is 9.38. The SMILES string of the molecule is Cn1[c-][n+](-c2[c-]c(Oc3[c-]c4c(cc3)c3c(c5c6ccccc6n(-c6ccccc6)c5c5c6ccccc6n(-c6ccccc6)c35)n4-c3cc(C(C)(C)C)ccn3)ccc2)cc1.[Pt]. The number of para-hydroxylation sites is 4. The molecule has 0 unspecified atom stereocenters. The van der Waals surface area contributed by atoms with Crippen LogP contribution in [0.25, 0.3) is 88.3 Å². The van der Waals surface area contributed by atoms with Gasteiger partial charge in [-0.25, -0.2) is 4.98 Å². The van der Waals surface area contributed by atoms with E-state index in [1.54, 1.807) is 0 Å². The maximum atomic E-state index is 6.68. The van der Waals surface area contributed by atoms with Gasteiger partial charge in [0.25, 0.3) is 0 Å². The van der Waals surface area contributed by atoms with Crippen molar-refractivity contribution in [2.45, 2.75) is 26.2 Å². The first-order valence-electron chi connectivity index (χ1n) is 21.0.